The zero-order valence-electron chi connectivity index (χ0n) is 13.8. The molecule has 9 heteroatoms. The normalized spacial score (nSPS) is 19.6. The van der Waals surface area contributed by atoms with Crippen molar-refractivity contribution < 1.29 is 22.8 Å². The first kappa shape index (κ1) is 18.9. The van der Waals surface area contributed by atoms with E-state index in [9.17, 15) is 22.8 Å². The summed E-state index contributed by atoms with van der Waals surface area (Å²) in [6.45, 7) is 1.36. The van der Waals surface area contributed by atoms with E-state index >= 15 is 0 Å². The number of amides is 3. The summed E-state index contributed by atoms with van der Waals surface area (Å²) >= 11 is 0. The average Bonchev–Trinajstić information content (AvgIpc) is 2.92. The van der Waals surface area contributed by atoms with Crippen LogP contribution in [-0.2, 0) is 24.2 Å². The summed E-state index contributed by atoms with van der Waals surface area (Å²) in [6, 6.07) is 8.47. The van der Waals surface area contributed by atoms with Gasteiger partial charge in [-0.25, -0.2) is 8.42 Å². The Morgan fingerprint density at radius 2 is 1.84 bits per heavy atom. The summed E-state index contributed by atoms with van der Waals surface area (Å²) in [5, 5.41) is 2.69. The molecular weight excluding hydrogens is 346 g/mol. The predicted molar refractivity (Wildman–Crippen MR) is 90.7 cm³/mol. The van der Waals surface area contributed by atoms with Crippen molar-refractivity contribution in [2.45, 2.75) is 25.8 Å². The maximum absolute atomic E-state index is 12.1. The molecule has 25 heavy (non-hydrogen) atoms. The molecule has 0 radical (unpaired) electrons. The third-order valence-corrected chi connectivity index (χ3v) is 5.67. The number of carbonyl (C=O) groups is 3. The Labute approximate surface area is 146 Å². The van der Waals surface area contributed by atoms with Crippen molar-refractivity contribution in [3.05, 3.63) is 35.9 Å². The summed E-state index contributed by atoms with van der Waals surface area (Å²) in [4.78, 5) is 35.3. The van der Waals surface area contributed by atoms with Crippen LogP contribution < -0.4 is 16.2 Å². The van der Waals surface area contributed by atoms with E-state index in [-0.39, 0.29) is 30.3 Å². The van der Waals surface area contributed by atoms with E-state index in [1.165, 1.54) is 6.92 Å². The zero-order chi connectivity index (χ0) is 18.4. The van der Waals surface area contributed by atoms with Gasteiger partial charge in [-0.1, -0.05) is 30.3 Å². The number of nitrogens with one attached hydrogen (secondary N) is 3. The van der Waals surface area contributed by atoms with E-state index in [1.807, 2.05) is 6.07 Å². The van der Waals surface area contributed by atoms with Gasteiger partial charge in [0, 0.05) is 6.92 Å². The molecule has 0 aliphatic carbocycles. The predicted octanol–water partition coefficient (Wildman–Crippen LogP) is -0.164. The molecule has 3 N–H and O–H groups in total. The molecule has 1 fully saturated rings. The first-order valence-electron chi connectivity index (χ1n) is 7.88. The first-order chi connectivity index (χ1) is 11.8. The second kappa shape index (κ2) is 8.11. The van der Waals surface area contributed by atoms with Crippen LogP contribution in [0.15, 0.2) is 30.3 Å². The van der Waals surface area contributed by atoms with Crippen LogP contribution in [0.4, 0.5) is 0 Å². The molecule has 1 aromatic carbocycles. The summed E-state index contributed by atoms with van der Waals surface area (Å²) in [7, 11) is -3.17. The second-order valence-electron chi connectivity index (χ2n) is 6.01. The monoisotopic (exact) mass is 367 g/mol. The highest BCUT2D eigenvalue weighted by atomic mass is 32.2. The van der Waals surface area contributed by atoms with Crippen LogP contribution in [0, 0.1) is 5.92 Å². The van der Waals surface area contributed by atoms with E-state index in [4.69, 9.17) is 0 Å². The van der Waals surface area contributed by atoms with Crippen LogP contribution in [0.3, 0.4) is 0 Å². The molecule has 1 aromatic rings. The summed E-state index contributed by atoms with van der Waals surface area (Å²) in [6.07, 6.45) is 0.190. The minimum atomic E-state index is -3.17. The molecule has 0 spiro atoms. The molecular formula is C16H21N3O5S. The standard InChI is InChI=1S/C16H21N3O5S/c1-11(20)17-14(12-5-3-2-4-6-12)9-15(21)18-19-16(22)13-7-8-25(23,24)10-13/h2-6,13-14H,7-10H2,1H3,(H,17,20)(H,18,21)(H,19,22)/t13-,14-/m1/s1. The number of hydrogen-bond acceptors (Lipinski definition) is 5. The van der Waals surface area contributed by atoms with Crippen LogP contribution in [-0.4, -0.2) is 37.6 Å². The number of carbonyl (C=O) groups excluding carboxylic acids is 3. The third kappa shape index (κ3) is 5.86. The molecule has 0 saturated carbocycles. The fourth-order valence-electron chi connectivity index (χ4n) is 2.65. The highest BCUT2D eigenvalue weighted by Crippen LogP contribution is 2.18. The van der Waals surface area contributed by atoms with Gasteiger partial charge in [-0.3, -0.25) is 25.2 Å². The fourth-order valence-corrected chi connectivity index (χ4v) is 4.40. The van der Waals surface area contributed by atoms with Gasteiger partial charge in [0.05, 0.1) is 29.9 Å². The van der Waals surface area contributed by atoms with Gasteiger partial charge in [-0.15, -0.1) is 0 Å². The molecule has 1 saturated heterocycles. The van der Waals surface area contributed by atoms with E-state index in [2.05, 4.69) is 16.2 Å². The van der Waals surface area contributed by atoms with Crippen molar-refractivity contribution in [3.63, 3.8) is 0 Å². The molecule has 0 unspecified atom stereocenters. The van der Waals surface area contributed by atoms with Gasteiger partial charge in [0.2, 0.25) is 17.7 Å². The molecule has 136 valence electrons. The Kier molecular flexibility index (Phi) is 6.13. The summed E-state index contributed by atoms with van der Waals surface area (Å²) in [5.74, 6) is -2.15. The second-order valence-corrected chi connectivity index (χ2v) is 8.23. The summed E-state index contributed by atoms with van der Waals surface area (Å²) < 4.78 is 22.8. The lowest BCUT2D eigenvalue weighted by Gasteiger charge is -2.18. The van der Waals surface area contributed by atoms with Gasteiger partial charge in [0.1, 0.15) is 0 Å². The van der Waals surface area contributed by atoms with Crippen molar-refractivity contribution in [3.8, 4) is 0 Å². The zero-order valence-corrected chi connectivity index (χ0v) is 14.6. The Hall–Kier alpha value is -2.42. The Balaban J connectivity index is 1.88. The molecule has 0 aromatic heterocycles. The van der Waals surface area contributed by atoms with E-state index in [0.29, 0.717) is 0 Å². The molecule has 2 atom stereocenters. The lowest BCUT2D eigenvalue weighted by molar-refractivity contribution is -0.131. The van der Waals surface area contributed by atoms with Crippen molar-refractivity contribution in [2.24, 2.45) is 5.92 Å². The number of rotatable bonds is 5. The molecule has 2 rings (SSSR count). The van der Waals surface area contributed by atoms with Crippen LogP contribution in [0.2, 0.25) is 0 Å². The third-order valence-electron chi connectivity index (χ3n) is 3.90. The van der Waals surface area contributed by atoms with E-state index < -0.39 is 33.6 Å². The van der Waals surface area contributed by atoms with E-state index in [1.54, 1.807) is 24.3 Å². The highest BCUT2D eigenvalue weighted by Gasteiger charge is 2.33. The van der Waals surface area contributed by atoms with Crippen molar-refractivity contribution in [1.29, 1.82) is 0 Å². The lowest BCUT2D eigenvalue weighted by atomic mass is 10.0. The van der Waals surface area contributed by atoms with Crippen molar-refractivity contribution in [1.82, 2.24) is 16.2 Å². The molecule has 0 bridgehead atoms. The van der Waals surface area contributed by atoms with Gasteiger partial charge < -0.3 is 5.32 Å². The lowest BCUT2D eigenvalue weighted by Crippen LogP contribution is -2.46. The van der Waals surface area contributed by atoms with Gasteiger partial charge in [0.25, 0.3) is 0 Å². The highest BCUT2D eigenvalue weighted by molar-refractivity contribution is 7.91. The summed E-state index contributed by atoms with van der Waals surface area (Å²) in [5.41, 5.74) is 5.30. The molecule has 1 heterocycles. The van der Waals surface area contributed by atoms with Crippen LogP contribution in [0.5, 0.6) is 0 Å². The first-order valence-corrected chi connectivity index (χ1v) is 9.70. The number of benzene rings is 1. The number of hydrogen-bond donors (Lipinski definition) is 3. The molecule has 1 aliphatic heterocycles. The molecule has 1 aliphatic rings. The number of sulfone groups is 1. The van der Waals surface area contributed by atoms with Crippen LogP contribution >= 0.6 is 0 Å². The minimum Gasteiger partial charge on any atom is -0.349 e. The molecule has 8 nitrogen and oxygen atoms in total. The topological polar surface area (TPSA) is 121 Å². The quantitative estimate of drug-likeness (QED) is 0.624. The molecule has 3 amide bonds. The van der Waals surface area contributed by atoms with Gasteiger partial charge in [0.15, 0.2) is 9.84 Å². The number of hydrazine groups is 1. The Morgan fingerprint density at radius 1 is 1.16 bits per heavy atom. The van der Waals surface area contributed by atoms with E-state index in [0.717, 1.165) is 5.56 Å². The maximum atomic E-state index is 12.1. The fraction of sp³-hybridized carbons (Fsp3) is 0.438. The van der Waals surface area contributed by atoms with Gasteiger partial charge in [-0.05, 0) is 12.0 Å². The minimum absolute atomic E-state index is 0.0162. The van der Waals surface area contributed by atoms with Gasteiger partial charge >= 0.3 is 0 Å². The SMILES string of the molecule is CC(=O)N[C@H](CC(=O)NNC(=O)[C@@H]1CCS(=O)(=O)C1)c1ccccc1. The van der Waals surface area contributed by atoms with Crippen LogP contribution in [0.25, 0.3) is 0 Å². The van der Waals surface area contributed by atoms with Crippen molar-refractivity contribution in [2.75, 3.05) is 11.5 Å². The largest absolute Gasteiger partial charge is 0.349 e. The maximum Gasteiger partial charge on any atom is 0.242 e. The Bertz CT molecular complexity index is 748. The van der Waals surface area contributed by atoms with Crippen LogP contribution in [0.1, 0.15) is 31.4 Å². The van der Waals surface area contributed by atoms with Crippen molar-refractivity contribution >= 4 is 27.6 Å². The van der Waals surface area contributed by atoms with Gasteiger partial charge in [-0.2, -0.15) is 0 Å². The Morgan fingerprint density at radius 3 is 2.40 bits per heavy atom. The smallest absolute Gasteiger partial charge is 0.242 e. The average molecular weight is 367 g/mol.